The topological polar surface area (TPSA) is 83.2 Å². The summed E-state index contributed by atoms with van der Waals surface area (Å²) in [5, 5.41) is 22.0. The third-order valence-electron chi connectivity index (χ3n) is 7.73. The van der Waals surface area contributed by atoms with Crippen molar-refractivity contribution in [3.05, 3.63) is 70.8 Å². The summed E-state index contributed by atoms with van der Waals surface area (Å²) >= 11 is 0. The first-order valence-electron chi connectivity index (χ1n) is 13.0. The maximum Gasteiger partial charge on any atom is 0.223 e. The molecule has 2 saturated heterocycles. The highest BCUT2D eigenvalue weighted by Crippen LogP contribution is 2.36. The fourth-order valence-corrected chi connectivity index (χ4v) is 5.62. The van der Waals surface area contributed by atoms with Gasteiger partial charge in [0.15, 0.2) is 0 Å². The van der Waals surface area contributed by atoms with Gasteiger partial charge in [0.1, 0.15) is 0 Å². The van der Waals surface area contributed by atoms with Gasteiger partial charge in [0.25, 0.3) is 0 Å². The van der Waals surface area contributed by atoms with E-state index in [-0.39, 0.29) is 23.4 Å². The quantitative estimate of drug-likeness (QED) is 0.679. The van der Waals surface area contributed by atoms with Gasteiger partial charge in [-0.05, 0) is 72.7 Å². The van der Waals surface area contributed by atoms with Crippen LogP contribution in [0.4, 0.5) is 0 Å². The van der Waals surface area contributed by atoms with E-state index in [0.717, 1.165) is 50.1 Å². The van der Waals surface area contributed by atoms with E-state index in [9.17, 15) is 15.3 Å². The number of benzene rings is 2. The van der Waals surface area contributed by atoms with Crippen LogP contribution < -0.4 is 5.32 Å². The molecule has 36 heavy (non-hydrogen) atoms. The normalized spacial score (nSPS) is 19.6. The van der Waals surface area contributed by atoms with E-state index in [1.807, 2.05) is 48.5 Å². The van der Waals surface area contributed by atoms with E-state index in [0.29, 0.717) is 30.0 Å². The summed E-state index contributed by atoms with van der Waals surface area (Å²) in [6.45, 7) is 10.9. The SMILES string of the molecule is CC(C)(C)[C@H]1CN(C(c2ccc(C#N)cc2)c2ccc(C#N)cc2)CCN1C(=O)CC1CCNCC1. The van der Waals surface area contributed by atoms with Crippen LogP contribution >= 0.6 is 0 Å². The molecule has 2 fully saturated rings. The number of nitriles is 2. The Morgan fingerprint density at radius 2 is 1.47 bits per heavy atom. The summed E-state index contributed by atoms with van der Waals surface area (Å²) in [5.74, 6) is 0.761. The predicted molar refractivity (Wildman–Crippen MR) is 141 cm³/mol. The number of amides is 1. The minimum Gasteiger partial charge on any atom is -0.337 e. The molecule has 1 atom stereocenters. The minimum absolute atomic E-state index is 0.0167. The second-order valence-corrected chi connectivity index (χ2v) is 11.2. The molecule has 0 aromatic heterocycles. The molecule has 0 saturated carbocycles. The molecule has 2 heterocycles. The molecule has 0 aliphatic carbocycles. The van der Waals surface area contributed by atoms with E-state index in [4.69, 9.17) is 0 Å². The van der Waals surface area contributed by atoms with Crippen LogP contribution in [0.1, 0.15) is 68.3 Å². The highest BCUT2D eigenvalue weighted by Gasteiger charge is 2.40. The van der Waals surface area contributed by atoms with Crippen molar-refractivity contribution in [3.8, 4) is 12.1 Å². The number of nitrogens with zero attached hydrogens (tertiary/aromatic N) is 4. The lowest BCUT2D eigenvalue weighted by molar-refractivity contribution is -0.141. The number of hydrogen-bond donors (Lipinski definition) is 1. The molecule has 188 valence electrons. The third-order valence-corrected chi connectivity index (χ3v) is 7.73. The number of carbonyl (C=O) groups excluding carboxylic acids is 1. The second-order valence-electron chi connectivity index (χ2n) is 11.2. The van der Waals surface area contributed by atoms with Crippen LogP contribution in [0.15, 0.2) is 48.5 Å². The molecular formula is C30H37N5O. The number of rotatable bonds is 5. The van der Waals surface area contributed by atoms with Crippen LogP contribution in [0.25, 0.3) is 0 Å². The van der Waals surface area contributed by atoms with Crippen molar-refractivity contribution in [1.82, 2.24) is 15.1 Å². The summed E-state index contributed by atoms with van der Waals surface area (Å²) in [4.78, 5) is 18.1. The fourth-order valence-electron chi connectivity index (χ4n) is 5.62. The van der Waals surface area contributed by atoms with Crippen LogP contribution in [0.3, 0.4) is 0 Å². The van der Waals surface area contributed by atoms with Crippen LogP contribution in [0.5, 0.6) is 0 Å². The van der Waals surface area contributed by atoms with E-state index in [1.165, 1.54) is 0 Å². The van der Waals surface area contributed by atoms with Crippen molar-refractivity contribution in [3.63, 3.8) is 0 Å². The zero-order valence-electron chi connectivity index (χ0n) is 21.7. The minimum atomic E-state index is -0.0671. The van der Waals surface area contributed by atoms with E-state index in [1.54, 1.807) is 0 Å². The summed E-state index contributed by atoms with van der Waals surface area (Å²) in [5.41, 5.74) is 3.43. The molecule has 6 nitrogen and oxygen atoms in total. The maximum atomic E-state index is 13.5. The molecule has 2 aromatic rings. The summed E-state index contributed by atoms with van der Waals surface area (Å²) in [7, 11) is 0. The molecule has 0 spiro atoms. The third kappa shape index (κ3) is 5.95. The first-order chi connectivity index (χ1) is 17.3. The van der Waals surface area contributed by atoms with Gasteiger partial charge in [-0.15, -0.1) is 0 Å². The lowest BCUT2D eigenvalue weighted by atomic mass is 9.82. The summed E-state index contributed by atoms with van der Waals surface area (Å²) in [6, 6.07) is 20.1. The van der Waals surface area contributed by atoms with Crippen LogP contribution in [0.2, 0.25) is 0 Å². The van der Waals surface area contributed by atoms with E-state index >= 15 is 0 Å². The van der Waals surface area contributed by atoms with E-state index in [2.05, 4.69) is 48.0 Å². The van der Waals surface area contributed by atoms with Crippen molar-refractivity contribution in [2.75, 3.05) is 32.7 Å². The first kappa shape index (κ1) is 25.9. The molecule has 1 N–H and O–H groups in total. The molecule has 0 unspecified atom stereocenters. The van der Waals surface area contributed by atoms with Crippen molar-refractivity contribution in [2.24, 2.45) is 11.3 Å². The van der Waals surface area contributed by atoms with Gasteiger partial charge in [-0.1, -0.05) is 45.0 Å². The second kappa shape index (κ2) is 11.2. The van der Waals surface area contributed by atoms with E-state index < -0.39 is 0 Å². The Labute approximate surface area is 215 Å². The average Bonchev–Trinajstić information content (AvgIpc) is 2.89. The Hall–Kier alpha value is -3.19. The highest BCUT2D eigenvalue weighted by atomic mass is 16.2. The number of piperidine rings is 1. The molecule has 2 aliphatic heterocycles. The van der Waals surface area contributed by atoms with Crippen molar-refractivity contribution >= 4 is 5.91 Å². The summed E-state index contributed by atoms with van der Waals surface area (Å²) in [6.07, 6.45) is 2.79. The van der Waals surface area contributed by atoms with Gasteiger partial charge in [-0.2, -0.15) is 10.5 Å². The van der Waals surface area contributed by atoms with Crippen LogP contribution in [0, 0.1) is 34.0 Å². The van der Waals surface area contributed by atoms with Gasteiger partial charge in [-0.3, -0.25) is 9.69 Å². The lowest BCUT2D eigenvalue weighted by Gasteiger charge is -2.49. The Balaban J connectivity index is 1.61. The number of nitrogens with one attached hydrogen (secondary N) is 1. The first-order valence-corrected chi connectivity index (χ1v) is 13.0. The molecule has 1 amide bonds. The highest BCUT2D eigenvalue weighted by molar-refractivity contribution is 5.77. The van der Waals surface area contributed by atoms with Crippen LogP contribution in [-0.4, -0.2) is 54.5 Å². The Kier molecular flexibility index (Phi) is 8.09. The molecule has 6 heteroatoms. The van der Waals surface area contributed by atoms with Crippen LogP contribution in [-0.2, 0) is 4.79 Å². The smallest absolute Gasteiger partial charge is 0.223 e. The predicted octanol–water partition coefficient (Wildman–Crippen LogP) is 4.47. The zero-order chi connectivity index (χ0) is 25.7. The number of carbonyl (C=O) groups is 1. The monoisotopic (exact) mass is 483 g/mol. The number of piperazine rings is 1. The summed E-state index contributed by atoms with van der Waals surface area (Å²) < 4.78 is 0. The van der Waals surface area contributed by atoms with Gasteiger partial charge in [0.2, 0.25) is 5.91 Å². The Bertz CT molecular complexity index is 1060. The van der Waals surface area contributed by atoms with Gasteiger partial charge in [0.05, 0.1) is 29.3 Å². The molecule has 2 aromatic carbocycles. The molecule has 0 radical (unpaired) electrons. The van der Waals surface area contributed by atoms with Gasteiger partial charge in [-0.25, -0.2) is 0 Å². The average molecular weight is 484 g/mol. The van der Waals surface area contributed by atoms with Gasteiger partial charge in [0, 0.05) is 32.1 Å². The Morgan fingerprint density at radius 3 is 1.94 bits per heavy atom. The standard InChI is InChI=1S/C30H37N5O/c1-30(2,3)27-21-34(16-17-35(27)28(36)18-22-12-14-33-15-13-22)29(25-8-4-23(19-31)5-9-25)26-10-6-24(20-32)7-11-26/h4-11,22,27,29,33H,12-18,21H2,1-3H3/t27-/m1/s1. The molecule has 2 aliphatic rings. The molecular weight excluding hydrogens is 446 g/mol. The zero-order valence-corrected chi connectivity index (χ0v) is 21.7. The van der Waals surface area contributed by atoms with Crippen molar-refractivity contribution in [2.45, 2.75) is 52.1 Å². The van der Waals surface area contributed by atoms with Gasteiger partial charge < -0.3 is 10.2 Å². The maximum absolute atomic E-state index is 13.5. The van der Waals surface area contributed by atoms with Gasteiger partial charge >= 0.3 is 0 Å². The molecule has 4 rings (SSSR count). The fraction of sp³-hybridized carbons (Fsp3) is 0.500. The lowest BCUT2D eigenvalue weighted by Crippen LogP contribution is -2.60. The largest absolute Gasteiger partial charge is 0.337 e. The van der Waals surface area contributed by atoms with Crippen molar-refractivity contribution in [1.29, 1.82) is 10.5 Å². The number of hydrogen-bond acceptors (Lipinski definition) is 5. The van der Waals surface area contributed by atoms with Crippen molar-refractivity contribution < 1.29 is 4.79 Å². The molecule has 0 bridgehead atoms. The Morgan fingerprint density at radius 1 is 0.944 bits per heavy atom.